The van der Waals surface area contributed by atoms with Gasteiger partial charge in [0.2, 0.25) is 47.3 Å². The summed E-state index contributed by atoms with van der Waals surface area (Å²) in [6, 6.07) is -3.55. The number of primary amides is 1. The molecule has 0 radical (unpaired) electrons. The summed E-state index contributed by atoms with van der Waals surface area (Å²) in [5.41, 5.74) is 5.92. The third-order valence-electron chi connectivity index (χ3n) is 12.6. The Morgan fingerprint density at radius 2 is 1.55 bits per heavy atom. The molecule has 1 aromatic carbocycles. The quantitative estimate of drug-likeness (QED) is 0.113. The number of hydrogen-bond donors (Lipinski definition) is 8. The van der Waals surface area contributed by atoms with E-state index < -0.39 is 126 Å². The van der Waals surface area contributed by atoms with Crippen molar-refractivity contribution in [3.8, 4) is 5.75 Å². The summed E-state index contributed by atoms with van der Waals surface area (Å²) < 4.78 is 5.90. The van der Waals surface area contributed by atoms with Crippen LogP contribution >= 0.6 is 0 Å². The summed E-state index contributed by atoms with van der Waals surface area (Å²) in [5.74, 6) is -9.14. The van der Waals surface area contributed by atoms with Gasteiger partial charge in [-0.3, -0.25) is 38.4 Å². The smallest absolute Gasteiger partial charge is 0.329 e. The number of amides is 8. The van der Waals surface area contributed by atoms with Crippen LogP contribution in [0.15, 0.2) is 24.3 Å². The largest absolute Gasteiger partial charge is 0.508 e. The van der Waals surface area contributed by atoms with Crippen LogP contribution in [0, 0.1) is 23.7 Å². The van der Waals surface area contributed by atoms with Crippen molar-refractivity contribution in [3.05, 3.63) is 29.8 Å². The number of benzene rings is 1. The number of nitrogens with two attached hydrogens (primary N) is 1. The highest BCUT2D eigenvalue weighted by Gasteiger charge is 2.49. The van der Waals surface area contributed by atoms with E-state index in [0.29, 0.717) is 12.0 Å². The number of aliphatic hydroxyl groups excluding tert-OH is 1. The Hall–Kier alpha value is -5.79. The number of hydrogen-bond acceptors (Lipinski definition) is 12. The Labute approximate surface area is 379 Å². The average molecular weight is 913 g/mol. The molecule has 0 aromatic heterocycles. The zero-order valence-electron chi connectivity index (χ0n) is 38.6. The summed E-state index contributed by atoms with van der Waals surface area (Å²) in [6.07, 6.45) is -2.91. The molecular formula is C45H68N8O12. The van der Waals surface area contributed by atoms with Crippen LogP contribution in [-0.2, 0) is 54.3 Å². The second kappa shape index (κ2) is 22.9. The van der Waals surface area contributed by atoms with E-state index in [2.05, 4.69) is 26.6 Å². The lowest BCUT2D eigenvalue weighted by molar-refractivity contribution is -0.169. The summed E-state index contributed by atoms with van der Waals surface area (Å²) >= 11 is 0. The highest BCUT2D eigenvalue weighted by molar-refractivity contribution is 5.98. The number of fused-ring (bicyclic) bond motifs is 12. The molecule has 1 unspecified atom stereocenters. The molecule has 360 valence electrons. The molecule has 11 atom stereocenters. The number of likely N-dealkylation sites (N-methyl/N-ethyl adjacent to an activating group) is 1. The second-order valence-corrected chi connectivity index (χ2v) is 18.3. The van der Waals surface area contributed by atoms with E-state index in [4.69, 9.17) is 10.5 Å². The standard InChI is InChI=1S/C45H68N8O12/c1-9-24(7)37-44(63)52(8)31(20-25-11-13-27(54)14-12-25)41(60)50-35-26(10-2)21-32(65-45(35)64)36(51-39(58)28(15-17-33(46)55)47-38(57)23(5)6)42(61)49-30(19-22(3)4)40(59)48-29-16-18-34(56)53(37)43(29)62/h11-14,22-24,26,28-32,34-37,54,56H,9-10,15-21H2,1-8H3,(H2,46,55)(H,47,57)(H,48,59)(H,49,61)(H,50,60)(H,51,58)/t24?,26-,28+,29+,30+,31+,32-,34-,35+,36+,37+/m1/s1. The summed E-state index contributed by atoms with van der Waals surface area (Å²) in [6.45, 7) is 12.1. The molecule has 0 spiro atoms. The van der Waals surface area contributed by atoms with Gasteiger partial charge in [-0.15, -0.1) is 0 Å². The van der Waals surface area contributed by atoms with Crippen molar-refractivity contribution in [2.24, 2.45) is 29.4 Å². The molecule has 20 nitrogen and oxygen atoms in total. The van der Waals surface area contributed by atoms with Crippen LogP contribution in [-0.4, -0.2) is 135 Å². The first-order chi connectivity index (χ1) is 30.6. The Kier molecular flexibility index (Phi) is 18.3. The van der Waals surface area contributed by atoms with Crippen LogP contribution in [0.2, 0.25) is 0 Å². The van der Waals surface area contributed by atoms with Gasteiger partial charge in [-0.25, -0.2) is 4.79 Å². The molecule has 4 heterocycles. The topological polar surface area (TPSA) is 296 Å². The van der Waals surface area contributed by atoms with Crippen molar-refractivity contribution in [1.82, 2.24) is 36.4 Å². The van der Waals surface area contributed by atoms with E-state index in [1.54, 1.807) is 60.6 Å². The van der Waals surface area contributed by atoms with E-state index >= 15 is 0 Å². The molecule has 1 aromatic rings. The van der Waals surface area contributed by atoms with Gasteiger partial charge in [0.1, 0.15) is 60.4 Å². The molecule has 4 fully saturated rings. The van der Waals surface area contributed by atoms with Crippen molar-refractivity contribution in [1.29, 1.82) is 0 Å². The SMILES string of the molecule is CCC(C)[C@H]1C(=O)N(C)[C@@H](Cc2ccc(O)cc2)C(=O)N[C@@H]2C(=O)O[C@H](C[C@H]2CC)[C@H](NC(=O)[C@H](CCC(N)=O)NC(=O)C(C)C)C(=O)N[C@@H](CC(C)C)C(=O)N[C@H]2CC[C@@H](O)N1C2=O. The highest BCUT2D eigenvalue weighted by atomic mass is 16.5. The minimum absolute atomic E-state index is 0.0149. The van der Waals surface area contributed by atoms with Crippen LogP contribution < -0.4 is 32.3 Å². The summed E-state index contributed by atoms with van der Waals surface area (Å²) in [7, 11) is 1.39. The predicted molar refractivity (Wildman–Crippen MR) is 234 cm³/mol. The minimum Gasteiger partial charge on any atom is -0.508 e. The van der Waals surface area contributed by atoms with Crippen molar-refractivity contribution in [2.45, 2.75) is 161 Å². The maximum atomic E-state index is 14.8. The number of carbonyl (C=O) groups is 9. The molecule has 5 rings (SSSR count). The number of aliphatic hydroxyl groups is 1. The zero-order chi connectivity index (χ0) is 48.4. The lowest BCUT2D eigenvalue weighted by Crippen LogP contribution is -2.66. The third kappa shape index (κ3) is 13.2. The van der Waals surface area contributed by atoms with Gasteiger partial charge in [-0.1, -0.05) is 73.4 Å². The van der Waals surface area contributed by atoms with E-state index in [1.807, 2.05) is 0 Å². The fourth-order valence-electron chi connectivity index (χ4n) is 8.49. The Morgan fingerprint density at radius 1 is 0.892 bits per heavy atom. The fraction of sp³-hybridized carbons (Fsp3) is 0.667. The lowest BCUT2D eigenvalue weighted by Gasteiger charge is -2.44. The maximum absolute atomic E-state index is 14.8. The Bertz CT molecular complexity index is 1930. The molecular weight excluding hydrogens is 845 g/mol. The van der Waals surface area contributed by atoms with Crippen LogP contribution in [0.25, 0.3) is 0 Å². The van der Waals surface area contributed by atoms with E-state index in [9.17, 15) is 53.4 Å². The number of phenols is 1. The molecule has 4 aliphatic heterocycles. The molecule has 0 aliphatic carbocycles. The Morgan fingerprint density at radius 3 is 2.14 bits per heavy atom. The second-order valence-electron chi connectivity index (χ2n) is 18.3. The molecule has 20 heteroatoms. The van der Waals surface area contributed by atoms with Crippen molar-refractivity contribution in [3.63, 3.8) is 0 Å². The number of piperidine rings is 1. The summed E-state index contributed by atoms with van der Waals surface area (Å²) in [4.78, 5) is 128. The minimum atomic E-state index is -1.68. The molecule has 8 amide bonds. The molecule has 65 heavy (non-hydrogen) atoms. The number of carbonyl (C=O) groups excluding carboxylic acids is 9. The normalized spacial score (nSPS) is 28.0. The van der Waals surface area contributed by atoms with E-state index in [-0.39, 0.29) is 63.0 Å². The first-order valence-electron chi connectivity index (χ1n) is 22.6. The third-order valence-corrected chi connectivity index (χ3v) is 12.6. The monoisotopic (exact) mass is 912 g/mol. The number of rotatable bonds is 14. The number of aromatic hydroxyl groups is 1. The fourth-order valence-corrected chi connectivity index (χ4v) is 8.49. The van der Waals surface area contributed by atoms with Gasteiger partial charge in [0.15, 0.2) is 0 Å². The number of phenolic OH excluding ortho intramolecular Hbond substituents is 1. The van der Waals surface area contributed by atoms with Gasteiger partial charge < -0.3 is 57.1 Å². The maximum Gasteiger partial charge on any atom is 0.329 e. The molecule has 4 bridgehead atoms. The molecule has 9 N–H and O–H groups in total. The molecule has 0 saturated carbocycles. The summed E-state index contributed by atoms with van der Waals surface area (Å²) in [5, 5.41) is 34.8. The number of nitrogens with zero attached hydrogens (tertiary/aromatic N) is 2. The van der Waals surface area contributed by atoms with Gasteiger partial charge in [0.25, 0.3) is 0 Å². The zero-order valence-corrected chi connectivity index (χ0v) is 38.6. The van der Waals surface area contributed by atoms with Crippen LogP contribution in [0.4, 0.5) is 0 Å². The van der Waals surface area contributed by atoms with Crippen molar-refractivity contribution >= 4 is 53.2 Å². The average Bonchev–Trinajstić information content (AvgIpc) is 3.25. The van der Waals surface area contributed by atoms with E-state index in [1.165, 1.54) is 24.1 Å². The first kappa shape index (κ1) is 51.8. The van der Waals surface area contributed by atoms with Crippen LogP contribution in [0.3, 0.4) is 0 Å². The van der Waals surface area contributed by atoms with E-state index in [0.717, 1.165) is 4.90 Å². The molecule has 4 aliphatic rings. The number of ether oxygens (including phenoxy) is 1. The van der Waals surface area contributed by atoms with Crippen molar-refractivity contribution < 1.29 is 58.1 Å². The number of nitrogens with one attached hydrogen (secondary N) is 5. The van der Waals surface area contributed by atoms with Gasteiger partial charge in [0.05, 0.1) is 0 Å². The van der Waals surface area contributed by atoms with Gasteiger partial charge >= 0.3 is 5.97 Å². The number of esters is 1. The predicted octanol–water partition coefficient (Wildman–Crippen LogP) is -0.136. The highest BCUT2D eigenvalue weighted by Crippen LogP contribution is 2.30. The van der Waals surface area contributed by atoms with Crippen LogP contribution in [0.5, 0.6) is 5.75 Å². The first-order valence-corrected chi connectivity index (χ1v) is 22.6. The molecule has 4 saturated heterocycles. The van der Waals surface area contributed by atoms with Gasteiger partial charge in [0, 0.05) is 25.8 Å². The van der Waals surface area contributed by atoms with Crippen molar-refractivity contribution in [2.75, 3.05) is 7.05 Å². The van der Waals surface area contributed by atoms with Gasteiger partial charge in [-0.05, 0) is 67.6 Å². The van der Waals surface area contributed by atoms with Gasteiger partial charge in [-0.2, -0.15) is 0 Å². The Balaban J connectivity index is 1.87. The lowest BCUT2D eigenvalue weighted by atomic mass is 9.85. The van der Waals surface area contributed by atoms with Crippen LogP contribution in [0.1, 0.15) is 105 Å².